The summed E-state index contributed by atoms with van der Waals surface area (Å²) in [5.74, 6) is -0.215. The van der Waals surface area contributed by atoms with E-state index in [0.29, 0.717) is 17.8 Å². The predicted octanol–water partition coefficient (Wildman–Crippen LogP) is 5.54. The largest absolute Gasteiger partial charge is 0.347 e. The van der Waals surface area contributed by atoms with Gasteiger partial charge in [0.05, 0.1) is 16.4 Å². The van der Waals surface area contributed by atoms with E-state index in [1.165, 1.54) is 11.8 Å². The number of carbonyl (C=O) groups excluding carboxylic acids is 1. The van der Waals surface area contributed by atoms with Gasteiger partial charge in [-0.2, -0.15) is 5.10 Å². The highest BCUT2D eigenvalue weighted by Crippen LogP contribution is 2.55. The van der Waals surface area contributed by atoms with Gasteiger partial charge in [0.1, 0.15) is 10.7 Å². The highest BCUT2D eigenvalue weighted by Gasteiger charge is 2.48. The van der Waals surface area contributed by atoms with Crippen molar-refractivity contribution >= 4 is 44.7 Å². The number of aromatic amines is 1. The molecule has 0 aliphatic heterocycles. The SMILES string of the molecule is CC.Cn1c(C(=O)NCc2cccc3[nH]ncc23)c(C=N)c2sc(C3(c4ccccc4)CC3)nc21. The molecule has 3 heterocycles. The highest BCUT2D eigenvalue weighted by atomic mass is 32.1. The van der Waals surface area contributed by atoms with Crippen LogP contribution in [0.2, 0.25) is 0 Å². The fraction of sp³-hybridized carbons (Fsp3) is 0.259. The summed E-state index contributed by atoms with van der Waals surface area (Å²) >= 11 is 1.61. The van der Waals surface area contributed by atoms with Gasteiger partial charge in [-0.1, -0.05) is 56.3 Å². The van der Waals surface area contributed by atoms with Crippen molar-refractivity contribution in [3.63, 3.8) is 0 Å². The number of H-pyrrole nitrogens is 1. The normalized spacial score (nSPS) is 13.9. The van der Waals surface area contributed by atoms with Gasteiger partial charge in [-0.25, -0.2) is 4.98 Å². The molecular weight excluding hydrogens is 456 g/mol. The standard InChI is InChI=1S/C25H22N6OS.C2H6/c1-31-20(23(32)27-13-15-6-5-9-19-18(15)14-28-30-19)17(12-26)21-22(31)29-24(33-21)25(10-11-25)16-7-3-2-4-8-16;1-2/h2-9,12,14,26H,10-11,13H2,1H3,(H,27,32)(H,28,30);1-2H3. The van der Waals surface area contributed by atoms with Crippen LogP contribution in [0.4, 0.5) is 0 Å². The summed E-state index contributed by atoms with van der Waals surface area (Å²) in [5.41, 5.74) is 5.03. The lowest BCUT2D eigenvalue weighted by molar-refractivity contribution is 0.0943. The van der Waals surface area contributed by atoms with Crippen LogP contribution in [-0.2, 0) is 19.0 Å². The van der Waals surface area contributed by atoms with Crippen LogP contribution in [0.1, 0.15) is 58.9 Å². The third kappa shape index (κ3) is 3.74. The number of nitrogens with zero attached hydrogens (tertiary/aromatic N) is 3. The lowest BCUT2D eigenvalue weighted by Crippen LogP contribution is -2.26. The quantitative estimate of drug-likeness (QED) is 0.276. The van der Waals surface area contributed by atoms with E-state index in [2.05, 4.69) is 39.8 Å². The Hall–Kier alpha value is -3.78. The Kier molecular flexibility index (Phi) is 5.98. The van der Waals surface area contributed by atoms with Crippen LogP contribution < -0.4 is 5.32 Å². The first kappa shape index (κ1) is 23.0. The van der Waals surface area contributed by atoms with Crippen molar-refractivity contribution in [2.24, 2.45) is 7.05 Å². The zero-order valence-electron chi connectivity index (χ0n) is 20.1. The number of rotatable bonds is 6. The number of carbonyl (C=O) groups is 1. The minimum atomic E-state index is -0.215. The van der Waals surface area contributed by atoms with Crippen LogP contribution in [0.3, 0.4) is 0 Å². The summed E-state index contributed by atoms with van der Waals surface area (Å²) in [6, 6.07) is 16.4. The molecule has 5 aromatic rings. The van der Waals surface area contributed by atoms with Crippen molar-refractivity contribution in [2.45, 2.75) is 38.6 Å². The van der Waals surface area contributed by atoms with Crippen molar-refractivity contribution in [3.05, 3.63) is 82.1 Å². The molecule has 178 valence electrons. The predicted molar refractivity (Wildman–Crippen MR) is 142 cm³/mol. The summed E-state index contributed by atoms with van der Waals surface area (Å²) in [5, 5.41) is 20.2. The molecule has 7 nitrogen and oxygen atoms in total. The van der Waals surface area contributed by atoms with Crippen molar-refractivity contribution in [2.75, 3.05) is 0 Å². The van der Waals surface area contributed by atoms with Crippen LogP contribution in [0, 0.1) is 5.41 Å². The van der Waals surface area contributed by atoms with Crippen LogP contribution in [0.5, 0.6) is 0 Å². The second-order valence-corrected chi connectivity index (χ2v) is 9.52. The minimum absolute atomic E-state index is 0.0318. The van der Waals surface area contributed by atoms with Crippen molar-refractivity contribution in [3.8, 4) is 0 Å². The molecule has 0 spiro atoms. The molecule has 0 atom stereocenters. The van der Waals surface area contributed by atoms with Crippen LogP contribution >= 0.6 is 11.3 Å². The fourth-order valence-corrected chi connectivity index (χ4v) is 6.06. The number of fused-ring (bicyclic) bond motifs is 2. The maximum atomic E-state index is 13.2. The van der Waals surface area contributed by atoms with Crippen molar-refractivity contribution in [1.82, 2.24) is 25.1 Å². The van der Waals surface area contributed by atoms with Gasteiger partial charge in [0.15, 0.2) is 5.65 Å². The average Bonchev–Trinajstić information content (AvgIpc) is 3.24. The molecular formula is C27H28N6OS. The first-order chi connectivity index (χ1) is 17.1. The zero-order valence-corrected chi connectivity index (χ0v) is 20.9. The topological polar surface area (TPSA) is 99.5 Å². The minimum Gasteiger partial charge on any atom is -0.347 e. The number of amides is 1. The van der Waals surface area contributed by atoms with E-state index in [9.17, 15) is 4.79 Å². The van der Waals surface area contributed by atoms with Crippen LogP contribution in [-0.4, -0.2) is 31.9 Å². The van der Waals surface area contributed by atoms with Crippen molar-refractivity contribution < 1.29 is 4.79 Å². The Bertz CT molecular complexity index is 1520. The highest BCUT2D eigenvalue weighted by molar-refractivity contribution is 7.19. The third-order valence-electron chi connectivity index (χ3n) is 6.62. The summed E-state index contributed by atoms with van der Waals surface area (Å²) < 4.78 is 2.72. The maximum absolute atomic E-state index is 13.2. The van der Waals surface area contributed by atoms with Gasteiger partial charge in [-0.05, 0) is 30.0 Å². The van der Waals surface area contributed by atoms with E-state index in [1.807, 2.05) is 49.7 Å². The second kappa shape index (κ2) is 9.11. The number of aromatic nitrogens is 4. The van der Waals surface area contributed by atoms with E-state index in [1.54, 1.807) is 17.5 Å². The zero-order chi connectivity index (χ0) is 24.6. The summed E-state index contributed by atoms with van der Waals surface area (Å²) in [6.07, 6.45) is 5.19. The molecule has 1 aliphatic carbocycles. The smallest absolute Gasteiger partial charge is 0.268 e. The molecule has 0 unspecified atom stereocenters. The summed E-state index contributed by atoms with van der Waals surface area (Å²) in [7, 11) is 1.85. The van der Waals surface area contributed by atoms with E-state index in [-0.39, 0.29) is 11.3 Å². The van der Waals surface area contributed by atoms with Gasteiger partial charge in [0, 0.05) is 36.2 Å². The Morgan fingerprint density at radius 2 is 1.97 bits per heavy atom. The number of thiazole rings is 1. The molecule has 2 aromatic carbocycles. The Balaban J connectivity index is 0.00000124. The number of nitrogens with one attached hydrogen (secondary N) is 3. The number of hydrogen-bond acceptors (Lipinski definition) is 5. The van der Waals surface area contributed by atoms with Crippen LogP contribution in [0.15, 0.2) is 54.7 Å². The van der Waals surface area contributed by atoms with E-state index in [0.717, 1.165) is 44.7 Å². The van der Waals surface area contributed by atoms with Gasteiger partial charge in [-0.3, -0.25) is 9.89 Å². The molecule has 35 heavy (non-hydrogen) atoms. The maximum Gasteiger partial charge on any atom is 0.268 e. The lowest BCUT2D eigenvalue weighted by atomic mass is 9.97. The van der Waals surface area contributed by atoms with Crippen LogP contribution in [0.25, 0.3) is 21.3 Å². The van der Waals surface area contributed by atoms with E-state index < -0.39 is 0 Å². The molecule has 1 amide bonds. The second-order valence-electron chi connectivity index (χ2n) is 8.52. The van der Waals surface area contributed by atoms with E-state index in [4.69, 9.17) is 10.4 Å². The monoisotopic (exact) mass is 484 g/mol. The van der Waals surface area contributed by atoms with E-state index >= 15 is 0 Å². The molecule has 3 N–H and O–H groups in total. The number of aryl methyl sites for hydroxylation is 1. The molecule has 3 aromatic heterocycles. The van der Waals surface area contributed by atoms with Gasteiger partial charge in [0.25, 0.3) is 5.91 Å². The van der Waals surface area contributed by atoms with Gasteiger partial charge < -0.3 is 15.3 Å². The van der Waals surface area contributed by atoms with Gasteiger partial charge in [-0.15, -0.1) is 11.3 Å². The third-order valence-corrected chi connectivity index (χ3v) is 7.90. The summed E-state index contributed by atoms with van der Waals surface area (Å²) in [4.78, 5) is 18.2. The van der Waals surface area contributed by atoms with Crippen molar-refractivity contribution in [1.29, 1.82) is 5.41 Å². The molecule has 0 bridgehead atoms. The number of hydrogen-bond donors (Lipinski definition) is 3. The summed E-state index contributed by atoms with van der Waals surface area (Å²) in [6.45, 7) is 4.38. The lowest BCUT2D eigenvalue weighted by Gasteiger charge is -2.12. The van der Waals surface area contributed by atoms with Gasteiger partial charge >= 0.3 is 0 Å². The molecule has 1 fully saturated rings. The molecule has 6 rings (SSSR count). The molecule has 8 heteroatoms. The average molecular weight is 485 g/mol. The molecule has 0 saturated heterocycles. The Morgan fingerprint density at radius 3 is 2.69 bits per heavy atom. The Morgan fingerprint density at radius 1 is 1.20 bits per heavy atom. The Labute approximate surface area is 207 Å². The first-order valence-electron chi connectivity index (χ1n) is 11.9. The number of benzene rings is 2. The first-order valence-corrected chi connectivity index (χ1v) is 12.7. The molecule has 0 radical (unpaired) electrons. The molecule has 1 saturated carbocycles. The fourth-order valence-electron chi connectivity index (χ4n) is 4.67. The van der Waals surface area contributed by atoms with Gasteiger partial charge in [0.2, 0.25) is 0 Å². The molecule has 1 aliphatic rings.